The van der Waals surface area contributed by atoms with Gasteiger partial charge in [-0.15, -0.1) is 5.10 Å². The number of benzene rings is 2. The number of hydrogen-bond donors (Lipinski definition) is 2. The van der Waals surface area contributed by atoms with Gasteiger partial charge in [0.05, 0.1) is 31.9 Å². The lowest BCUT2D eigenvalue weighted by molar-refractivity contribution is -0.143. The van der Waals surface area contributed by atoms with Crippen molar-refractivity contribution in [2.24, 2.45) is 5.73 Å². The summed E-state index contributed by atoms with van der Waals surface area (Å²) in [6.07, 6.45) is 3.63. The summed E-state index contributed by atoms with van der Waals surface area (Å²) < 4.78 is 7.00. The summed E-state index contributed by atoms with van der Waals surface area (Å²) >= 11 is 0. The fourth-order valence-corrected chi connectivity index (χ4v) is 3.68. The van der Waals surface area contributed by atoms with E-state index in [9.17, 15) is 9.90 Å². The molecule has 1 unspecified atom stereocenters. The van der Waals surface area contributed by atoms with E-state index in [-0.39, 0.29) is 24.9 Å². The maximum atomic E-state index is 12.2. The first-order chi connectivity index (χ1) is 15.1. The van der Waals surface area contributed by atoms with Gasteiger partial charge in [-0.05, 0) is 47.9 Å². The Morgan fingerprint density at radius 3 is 2.71 bits per heavy atom. The Balaban J connectivity index is 1.71. The van der Waals surface area contributed by atoms with Crippen molar-refractivity contribution in [2.45, 2.75) is 51.8 Å². The highest BCUT2D eigenvalue weighted by Gasteiger charge is 2.19. The molecular weight excluding hydrogens is 392 g/mol. The highest BCUT2D eigenvalue weighted by molar-refractivity contribution is 5.70. The Morgan fingerprint density at radius 1 is 1.19 bits per heavy atom. The number of aryl methyl sites for hydroxylation is 1. The predicted octanol–water partition coefficient (Wildman–Crippen LogP) is 2.95. The van der Waals surface area contributed by atoms with Crippen LogP contribution in [-0.4, -0.2) is 32.7 Å². The van der Waals surface area contributed by atoms with Crippen molar-refractivity contribution >= 4 is 5.97 Å². The van der Waals surface area contributed by atoms with Gasteiger partial charge in [0.2, 0.25) is 0 Å². The van der Waals surface area contributed by atoms with E-state index in [1.54, 1.807) is 6.92 Å². The van der Waals surface area contributed by atoms with Crippen molar-refractivity contribution in [2.75, 3.05) is 6.61 Å². The van der Waals surface area contributed by atoms with Gasteiger partial charge in [0.15, 0.2) is 0 Å². The molecule has 3 N–H and O–H groups in total. The first-order valence-corrected chi connectivity index (χ1v) is 10.6. The lowest BCUT2D eigenvalue weighted by Crippen LogP contribution is -2.12. The molecule has 7 heteroatoms. The number of aliphatic hydroxyl groups excluding tert-OH is 1. The summed E-state index contributed by atoms with van der Waals surface area (Å²) in [6, 6.07) is 16.0. The standard InChI is InChI=1S/C24H30N4O3/c1-2-31-24(30)13-20(19-8-9-21(14-25)22(12-19)17-29)10-11-23-16-28(27-26-23)15-18-6-4-3-5-7-18/h3-9,12,16,20,29H,2,10-11,13-15,17,25H2,1H3. The molecule has 0 spiro atoms. The summed E-state index contributed by atoms with van der Waals surface area (Å²) in [7, 11) is 0. The minimum absolute atomic E-state index is 0.0459. The molecule has 0 saturated carbocycles. The summed E-state index contributed by atoms with van der Waals surface area (Å²) in [6.45, 7) is 3.11. The topological polar surface area (TPSA) is 103 Å². The van der Waals surface area contributed by atoms with Crippen LogP contribution in [0.2, 0.25) is 0 Å². The van der Waals surface area contributed by atoms with Crippen LogP contribution >= 0.6 is 0 Å². The van der Waals surface area contributed by atoms with E-state index in [1.807, 2.05) is 47.3 Å². The molecular formula is C24H30N4O3. The average molecular weight is 423 g/mol. The average Bonchev–Trinajstić information content (AvgIpc) is 3.24. The van der Waals surface area contributed by atoms with E-state index in [1.165, 1.54) is 0 Å². The van der Waals surface area contributed by atoms with E-state index >= 15 is 0 Å². The molecule has 0 aliphatic rings. The van der Waals surface area contributed by atoms with Gasteiger partial charge in [-0.1, -0.05) is 53.7 Å². The Kier molecular flexibility index (Phi) is 8.32. The number of esters is 1. The largest absolute Gasteiger partial charge is 0.466 e. The highest BCUT2D eigenvalue weighted by atomic mass is 16.5. The number of carbonyl (C=O) groups excluding carboxylic acids is 1. The fourth-order valence-electron chi connectivity index (χ4n) is 3.68. The molecule has 1 heterocycles. The SMILES string of the molecule is CCOC(=O)CC(CCc1cn(Cc2ccccc2)nn1)c1ccc(CN)c(CO)c1. The van der Waals surface area contributed by atoms with Crippen LogP contribution in [0.3, 0.4) is 0 Å². The molecule has 0 bridgehead atoms. The number of nitrogens with two attached hydrogens (primary N) is 1. The quantitative estimate of drug-likeness (QED) is 0.461. The van der Waals surface area contributed by atoms with Crippen LogP contribution in [0.25, 0.3) is 0 Å². The number of rotatable bonds is 11. The first-order valence-electron chi connectivity index (χ1n) is 10.6. The Bertz CT molecular complexity index is 972. The number of nitrogens with zero attached hydrogens (tertiary/aromatic N) is 3. The molecule has 2 aromatic carbocycles. The Hall–Kier alpha value is -3.03. The third-order valence-electron chi connectivity index (χ3n) is 5.33. The highest BCUT2D eigenvalue weighted by Crippen LogP contribution is 2.28. The Morgan fingerprint density at radius 2 is 2.00 bits per heavy atom. The number of aromatic nitrogens is 3. The maximum absolute atomic E-state index is 12.2. The zero-order chi connectivity index (χ0) is 22.1. The van der Waals surface area contributed by atoms with E-state index in [0.717, 1.165) is 34.4 Å². The van der Waals surface area contributed by atoms with Crippen LogP contribution < -0.4 is 5.73 Å². The third-order valence-corrected chi connectivity index (χ3v) is 5.33. The number of aliphatic hydroxyl groups is 1. The van der Waals surface area contributed by atoms with E-state index in [2.05, 4.69) is 22.4 Å². The van der Waals surface area contributed by atoms with Gasteiger partial charge < -0.3 is 15.6 Å². The second kappa shape index (κ2) is 11.4. The van der Waals surface area contributed by atoms with Gasteiger partial charge in [0, 0.05) is 12.7 Å². The van der Waals surface area contributed by atoms with Gasteiger partial charge in [-0.25, -0.2) is 4.68 Å². The monoisotopic (exact) mass is 422 g/mol. The van der Waals surface area contributed by atoms with Gasteiger partial charge in [0.1, 0.15) is 0 Å². The van der Waals surface area contributed by atoms with Gasteiger partial charge >= 0.3 is 5.97 Å². The van der Waals surface area contributed by atoms with E-state index < -0.39 is 0 Å². The van der Waals surface area contributed by atoms with Crippen molar-refractivity contribution in [3.63, 3.8) is 0 Å². The molecule has 0 aliphatic carbocycles. The zero-order valence-corrected chi connectivity index (χ0v) is 17.9. The molecule has 0 radical (unpaired) electrons. The van der Waals surface area contributed by atoms with Crippen LogP contribution in [0.1, 0.15) is 53.6 Å². The molecule has 164 valence electrons. The van der Waals surface area contributed by atoms with Crippen LogP contribution in [0.5, 0.6) is 0 Å². The second-order valence-corrected chi connectivity index (χ2v) is 7.53. The molecule has 7 nitrogen and oxygen atoms in total. The summed E-state index contributed by atoms with van der Waals surface area (Å²) in [4.78, 5) is 12.2. The molecule has 0 saturated heterocycles. The molecule has 3 aromatic rings. The van der Waals surface area contributed by atoms with Crippen molar-refractivity contribution in [1.29, 1.82) is 0 Å². The minimum atomic E-state index is -0.228. The van der Waals surface area contributed by atoms with Gasteiger partial charge in [-0.2, -0.15) is 0 Å². The summed E-state index contributed by atoms with van der Waals surface area (Å²) in [5.74, 6) is -0.274. The maximum Gasteiger partial charge on any atom is 0.306 e. The number of ether oxygens (including phenoxy) is 1. The molecule has 0 aliphatic heterocycles. The Labute approximate surface area is 182 Å². The lowest BCUT2D eigenvalue weighted by atomic mass is 9.88. The summed E-state index contributed by atoms with van der Waals surface area (Å²) in [5.41, 5.74) is 10.5. The molecule has 0 amide bonds. The predicted molar refractivity (Wildman–Crippen MR) is 118 cm³/mol. The second-order valence-electron chi connectivity index (χ2n) is 7.53. The molecule has 3 rings (SSSR count). The van der Waals surface area contributed by atoms with Crippen molar-refractivity contribution in [3.05, 3.63) is 82.7 Å². The molecule has 1 aromatic heterocycles. The smallest absolute Gasteiger partial charge is 0.306 e. The molecule has 0 fully saturated rings. The van der Waals surface area contributed by atoms with E-state index in [0.29, 0.717) is 26.1 Å². The van der Waals surface area contributed by atoms with Crippen LogP contribution in [0.15, 0.2) is 54.7 Å². The summed E-state index contributed by atoms with van der Waals surface area (Å²) in [5, 5.41) is 18.2. The molecule has 31 heavy (non-hydrogen) atoms. The fraction of sp³-hybridized carbons (Fsp3) is 0.375. The van der Waals surface area contributed by atoms with Crippen LogP contribution in [0, 0.1) is 0 Å². The van der Waals surface area contributed by atoms with E-state index in [4.69, 9.17) is 10.5 Å². The van der Waals surface area contributed by atoms with Crippen molar-refractivity contribution < 1.29 is 14.6 Å². The number of hydrogen-bond acceptors (Lipinski definition) is 6. The lowest BCUT2D eigenvalue weighted by Gasteiger charge is -2.18. The van der Waals surface area contributed by atoms with Gasteiger partial charge in [0.25, 0.3) is 0 Å². The van der Waals surface area contributed by atoms with Crippen molar-refractivity contribution in [3.8, 4) is 0 Å². The first kappa shape index (κ1) is 22.7. The number of carbonyl (C=O) groups is 1. The zero-order valence-electron chi connectivity index (χ0n) is 17.9. The normalized spacial score (nSPS) is 12.0. The van der Waals surface area contributed by atoms with Crippen LogP contribution in [-0.2, 0) is 35.6 Å². The minimum Gasteiger partial charge on any atom is -0.466 e. The van der Waals surface area contributed by atoms with Crippen LogP contribution in [0.4, 0.5) is 0 Å². The third kappa shape index (κ3) is 6.47. The van der Waals surface area contributed by atoms with Crippen molar-refractivity contribution in [1.82, 2.24) is 15.0 Å². The van der Waals surface area contributed by atoms with Gasteiger partial charge in [-0.3, -0.25) is 4.79 Å². The molecule has 1 atom stereocenters.